The fraction of sp³-hybridized carbons (Fsp3) is 0.917. The molecular weight excluding hydrogens is 172 g/mol. The molecule has 80 valence electrons. The van der Waals surface area contributed by atoms with Crippen molar-refractivity contribution in [3.05, 3.63) is 0 Å². The summed E-state index contributed by atoms with van der Waals surface area (Å²) in [5.74, 6) is 0. The first kappa shape index (κ1) is 11.5. The summed E-state index contributed by atoms with van der Waals surface area (Å²) < 4.78 is 0. The standard InChI is InChI=1S/C12H22N2/c1-2-14(11-7-3-6-10-13)12-8-4-5-9-12/h12H,2-9,11H2,1H3. The first-order chi connectivity index (χ1) is 6.88. The van der Waals surface area contributed by atoms with Gasteiger partial charge < -0.3 is 4.90 Å². The minimum Gasteiger partial charge on any atom is -0.301 e. The molecule has 0 amide bonds. The molecule has 2 heteroatoms. The van der Waals surface area contributed by atoms with Crippen molar-refractivity contribution in [1.82, 2.24) is 4.90 Å². The Morgan fingerprint density at radius 2 is 2.00 bits per heavy atom. The zero-order valence-corrected chi connectivity index (χ0v) is 9.34. The Kier molecular flexibility index (Phi) is 5.63. The van der Waals surface area contributed by atoms with Crippen molar-refractivity contribution in [1.29, 1.82) is 5.26 Å². The molecule has 0 atom stereocenters. The molecule has 1 aliphatic carbocycles. The van der Waals surface area contributed by atoms with Crippen LogP contribution in [0, 0.1) is 11.3 Å². The Bertz CT molecular complexity index is 177. The van der Waals surface area contributed by atoms with Gasteiger partial charge >= 0.3 is 0 Å². The van der Waals surface area contributed by atoms with Crippen LogP contribution in [0.3, 0.4) is 0 Å². The van der Waals surface area contributed by atoms with Gasteiger partial charge in [0.1, 0.15) is 0 Å². The first-order valence-electron chi connectivity index (χ1n) is 5.99. The summed E-state index contributed by atoms with van der Waals surface area (Å²) in [6.45, 7) is 4.63. The molecule has 2 nitrogen and oxygen atoms in total. The van der Waals surface area contributed by atoms with Crippen LogP contribution in [-0.2, 0) is 0 Å². The largest absolute Gasteiger partial charge is 0.301 e. The van der Waals surface area contributed by atoms with Crippen molar-refractivity contribution in [3.63, 3.8) is 0 Å². The molecule has 0 heterocycles. The number of nitrogens with zero attached hydrogens (tertiary/aromatic N) is 2. The molecular formula is C12H22N2. The smallest absolute Gasteiger partial charge is 0.0621 e. The number of rotatable bonds is 6. The van der Waals surface area contributed by atoms with Crippen LogP contribution in [0.25, 0.3) is 0 Å². The van der Waals surface area contributed by atoms with E-state index in [-0.39, 0.29) is 0 Å². The zero-order valence-electron chi connectivity index (χ0n) is 9.34. The second-order valence-electron chi connectivity index (χ2n) is 4.18. The minimum atomic E-state index is 0.724. The third kappa shape index (κ3) is 3.67. The van der Waals surface area contributed by atoms with Crippen LogP contribution in [0.1, 0.15) is 51.9 Å². The molecule has 1 saturated carbocycles. The minimum absolute atomic E-state index is 0.724. The molecule has 0 aromatic rings. The molecule has 1 fully saturated rings. The Morgan fingerprint density at radius 3 is 2.57 bits per heavy atom. The van der Waals surface area contributed by atoms with E-state index in [0.717, 1.165) is 18.9 Å². The number of hydrogen-bond acceptors (Lipinski definition) is 2. The molecule has 0 saturated heterocycles. The van der Waals surface area contributed by atoms with Gasteiger partial charge in [-0.15, -0.1) is 0 Å². The summed E-state index contributed by atoms with van der Waals surface area (Å²) in [4.78, 5) is 2.60. The van der Waals surface area contributed by atoms with Crippen LogP contribution in [0.15, 0.2) is 0 Å². The highest BCUT2D eigenvalue weighted by Gasteiger charge is 2.20. The second kappa shape index (κ2) is 6.84. The van der Waals surface area contributed by atoms with E-state index in [9.17, 15) is 0 Å². The van der Waals surface area contributed by atoms with Gasteiger partial charge in [0.15, 0.2) is 0 Å². The average Bonchev–Trinajstić information content (AvgIpc) is 2.71. The van der Waals surface area contributed by atoms with E-state index < -0.39 is 0 Å². The van der Waals surface area contributed by atoms with Crippen LogP contribution >= 0.6 is 0 Å². The van der Waals surface area contributed by atoms with Crippen molar-refractivity contribution in [2.24, 2.45) is 0 Å². The molecule has 0 bridgehead atoms. The van der Waals surface area contributed by atoms with Crippen LogP contribution in [0.4, 0.5) is 0 Å². The fourth-order valence-corrected chi connectivity index (χ4v) is 2.39. The lowest BCUT2D eigenvalue weighted by molar-refractivity contribution is 0.205. The summed E-state index contributed by atoms with van der Waals surface area (Å²) in [6, 6.07) is 3.06. The van der Waals surface area contributed by atoms with Gasteiger partial charge in [-0.3, -0.25) is 0 Å². The van der Waals surface area contributed by atoms with Gasteiger partial charge in [-0.2, -0.15) is 5.26 Å². The Morgan fingerprint density at radius 1 is 1.29 bits per heavy atom. The molecule has 0 N–H and O–H groups in total. The van der Waals surface area contributed by atoms with E-state index in [1.807, 2.05) is 0 Å². The number of hydrogen-bond donors (Lipinski definition) is 0. The molecule has 0 unspecified atom stereocenters. The SMILES string of the molecule is CCN(CCCCC#N)C1CCCC1. The van der Waals surface area contributed by atoms with Gasteiger partial charge in [0.2, 0.25) is 0 Å². The van der Waals surface area contributed by atoms with E-state index >= 15 is 0 Å². The van der Waals surface area contributed by atoms with Crippen LogP contribution in [0.5, 0.6) is 0 Å². The number of nitriles is 1. The maximum atomic E-state index is 8.44. The summed E-state index contributed by atoms with van der Waals surface area (Å²) in [7, 11) is 0. The average molecular weight is 194 g/mol. The Balaban J connectivity index is 2.14. The second-order valence-corrected chi connectivity index (χ2v) is 4.18. The summed E-state index contributed by atoms with van der Waals surface area (Å²) in [5, 5.41) is 8.44. The van der Waals surface area contributed by atoms with Crippen molar-refractivity contribution in [2.45, 2.75) is 57.9 Å². The third-order valence-corrected chi connectivity index (χ3v) is 3.23. The molecule has 14 heavy (non-hydrogen) atoms. The highest BCUT2D eigenvalue weighted by Crippen LogP contribution is 2.23. The first-order valence-corrected chi connectivity index (χ1v) is 5.99. The topological polar surface area (TPSA) is 27.0 Å². The van der Waals surface area contributed by atoms with Crippen LogP contribution < -0.4 is 0 Å². The van der Waals surface area contributed by atoms with Crippen LogP contribution in [0.2, 0.25) is 0 Å². The highest BCUT2D eigenvalue weighted by atomic mass is 15.1. The van der Waals surface area contributed by atoms with Gasteiger partial charge in [-0.25, -0.2) is 0 Å². The third-order valence-electron chi connectivity index (χ3n) is 3.23. The number of unbranched alkanes of at least 4 members (excludes halogenated alkanes) is 2. The summed E-state index contributed by atoms with van der Waals surface area (Å²) in [6.07, 6.45) is 8.61. The lowest BCUT2D eigenvalue weighted by atomic mass is 10.2. The van der Waals surface area contributed by atoms with Gasteiger partial charge in [-0.05, 0) is 38.8 Å². The molecule has 1 rings (SSSR count). The molecule has 0 spiro atoms. The van der Waals surface area contributed by atoms with E-state index in [1.165, 1.54) is 45.2 Å². The van der Waals surface area contributed by atoms with E-state index in [4.69, 9.17) is 5.26 Å². The lowest BCUT2D eigenvalue weighted by Crippen LogP contribution is -2.33. The zero-order chi connectivity index (χ0) is 10.2. The molecule has 1 aliphatic rings. The predicted octanol–water partition coefficient (Wildman–Crippen LogP) is 2.94. The maximum absolute atomic E-state index is 8.44. The van der Waals surface area contributed by atoms with E-state index in [1.54, 1.807) is 0 Å². The summed E-state index contributed by atoms with van der Waals surface area (Å²) in [5.41, 5.74) is 0. The van der Waals surface area contributed by atoms with Crippen LogP contribution in [-0.4, -0.2) is 24.0 Å². The molecule has 0 aromatic heterocycles. The van der Waals surface area contributed by atoms with Crippen molar-refractivity contribution < 1.29 is 0 Å². The molecule has 0 aliphatic heterocycles. The van der Waals surface area contributed by atoms with Crippen molar-refractivity contribution in [3.8, 4) is 6.07 Å². The normalized spacial score (nSPS) is 17.5. The lowest BCUT2D eigenvalue weighted by Gasteiger charge is -2.27. The fourth-order valence-electron chi connectivity index (χ4n) is 2.39. The Hall–Kier alpha value is -0.550. The van der Waals surface area contributed by atoms with Gasteiger partial charge in [0, 0.05) is 12.5 Å². The van der Waals surface area contributed by atoms with Gasteiger partial charge in [-0.1, -0.05) is 19.8 Å². The van der Waals surface area contributed by atoms with Gasteiger partial charge in [0.05, 0.1) is 6.07 Å². The molecule has 0 aromatic carbocycles. The molecule has 0 radical (unpaired) electrons. The Labute approximate surface area is 87.9 Å². The van der Waals surface area contributed by atoms with E-state index in [0.29, 0.717) is 0 Å². The summed E-state index contributed by atoms with van der Waals surface area (Å²) >= 11 is 0. The maximum Gasteiger partial charge on any atom is 0.0621 e. The van der Waals surface area contributed by atoms with Crippen molar-refractivity contribution >= 4 is 0 Å². The quantitative estimate of drug-likeness (QED) is 0.608. The highest BCUT2D eigenvalue weighted by molar-refractivity contribution is 4.77. The van der Waals surface area contributed by atoms with Gasteiger partial charge in [0.25, 0.3) is 0 Å². The monoisotopic (exact) mass is 194 g/mol. The van der Waals surface area contributed by atoms with E-state index in [2.05, 4.69) is 17.9 Å². The van der Waals surface area contributed by atoms with Crippen molar-refractivity contribution in [2.75, 3.05) is 13.1 Å². The predicted molar refractivity (Wildman–Crippen MR) is 59.0 cm³/mol.